The van der Waals surface area contributed by atoms with Gasteiger partial charge in [-0.3, -0.25) is 9.10 Å². The van der Waals surface area contributed by atoms with Crippen molar-refractivity contribution in [3.05, 3.63) is 64.7 Å². The second-order valence-electron chi connectivity index (χ2n) is 6.84. The number of amides is 1. The molecule has 0 radical (unpaired) electrons. The Morgan fingerprint density at radius 1 is 1.04 bits per heavy atom. The lowest BCUT2D eigenvalue weighted by molar-refractivity contribution is -0.130. The van der Waals surface area contributed by atoms with E-state index in [2.05, 4.69) is 6.07 Å². The number of aryl methyl sites for hydroxylation is 2. The summed E-state index contributed by atoms with van der Waals surface area (Å²) < 4.78 is 26.1. The van der Waals surface area contributed by atoms with Crippen molar-refractivity contribution in [2.24, 2.45) is 0 Å². The molecule has 0 saturated heterocycles. The number of carbonyl (C=O) groups excluding carboxylic acids is 1. The third-order valence-electron chi connectivity index (χ3n) is 4.85. The molecular formula is C20H24N2O3S. The zero-order valence-corrected chi connectivity index (χ0v) is 16.2. The standard InChI is InChI=1S/C20H24N2O3S/c1-15-7-6-8-16(2)20(15)22(26(3,24)25)14-19(23)21-12-11-17-9-4-5-10-18(17)13-21/h4-10H,11-14H2,1-3H3. The van der Waals surface area contributed by atoms with Gasteiger partial charge in [-0.05, 0) is 42.5 Å². The molecule has 0 N–H and O–H groups in total. The molecule has 3 rings (SSSR count). The molecule has 26 heavy (non-hydrogen) atoms. The minimum Gasteiger partial charge on any atom is -0.336 e. The molecule has 0 saturated carbocycles. The highest BCUT2D eigenvalue weighted by molar-refractivity contribution is 7.92. The number of fused-ring (bicyclic) bond motifs is 1. The Bertz CT molecular complexity index is 918. The maximum Gasteiger partial charge on any atom is 0.243 e. The summed E-state index contributed by atoms with van der Waals surface area (Å²) in [6.07, 6.45) is 1.95. The molecule has 0 bridgehead atoms. The van der Waals surface area contributed by atoms with Gasteiger partial charge in [0.15, 0.2) is 0 Å². The van der Waals surface area contributed by atoms with Crippen molar-refractivity contribution in [3.8, 4) is 0 Å². The van der Waals surface area contributed by atoms with Crippen LogP contribution in [0, 0.1) is 13.8 Å². The van der Waals surface area contributed by atoms with Gasteiger partial charge in [-0.15, -0.1) is 0 Å². The van der Waals surface area contributed by atoms with Gasteiger partial charge in [0, 0.05) is 13.1 Å². The lowest BCUT2D eigenvalue weighted by atomic mass is 10.00. The van der Waals surface area contributed by atoms with Crippen LogP contribution in [0.3, 0.4) is 0 Å². The fourth-order valence-electron chi connectivity index (χ4n) is 3.49. The molecule has 2 aromatic carbocycles. The number of benzene rings is 2. The third-order valence-corrected chi connectivity index (χ3v) is 5.96. The molecule has 0 spiro atoms. The predicted octanol–water partition coefficient (Wildman–Crippen LogP) is 2.65. The summed E-state index contributed by atoms with van der Waals surface area (Å²) in [5.74, 6) is -0.174. The monoisotopic (exact) mass is 372 g/mol. The molecular weight excluding hydrogens is 348 g/mol. The largest absolute Gasteiger partial charge is 0.336 e. The Morgan fingerprint density at radius 2 is 1.65 bits per heavy atom. The average molecular weight is 372 g/mol. The zero-order chi connectivity index (χ0) is 18.9. The van der Waals surface area contributed by atoms with Crippen LogP contribution in [0.25, 0.3) is 0 Å². The van der Waals surface area contributed by atoms with E-state index in [1.54, 1.807) is 4.90 Å². The van der Waals surface area contributed by atoms with Gasteiger partial charge in [0.2, 0.25) is 15.9 Å². The van der Waals surface area contributed by atoms with Crippen LogP contribution in [0.15, 0.2) is 42.5 Å². The Labute approximate surface area is 155 Å². The summed E-state index contributed by atoms with van der Waals surface area (Å²) >= 11 is 0. The van der Waals surface area contributed by atoms with Crippen LogP contribution in [0.5, 0.6) is 0 Å². The van der Waals surface area contributed by atoms with E-state index in [1.807, 2.05) is 50.2 Å². The van der Waals surface area contributed by atoms with Crippen molar-refractivity contribution < 1.29 is 13.2 Å². The maximum absolute atomic E-state index is 12.9. The number of carbonyl (C=O) groups is 1. The summed E-state index contributed by atoms with van der Waals surface area (Å²) in [5, 5.41) is 0. The molecule has 6 heteroatoms. The second kappa shape index (κ2) is 7.11. The van der Waals surface area contributed by atoms with Crippen LogP contribution >= 0.6 is 0 Å². The van der Waals surface area contributed by atoms with Crippen molar-refractivity contribution in [1.29, 1.82) is 0 Å². The Morgan fingerprint density at radius 3 is 2.27 bits per heavy atom. The number of rotatable bonds is 4. The highest BCUT2D eigenvalue weighted by Crippen LogP contribution is 2.27. The molecule has 138 valence electrons. The van der Waals surface area contributed by atoms with Crippen molar-refractivity contribution in [3.63, 3.8) is 0 Å². The van der Waals surface area contributed by atoms with Crippen LogP contribution in [0.1, 0.15) is 22.3 Å². The lowest BCUT2D eigenvalue weighted by Crippen LogP contribution is -2.44. The van der Waals surface area contributed by atoms with Crippen LogP contribution in [-0.4, -0.2) is 38.6 Å². The maximum atomic E-state index is 12.9. The Hall–Kier alpha value is -2.34. The SMILES string of the molecule is Cc1cccc(C)c1N(CC(=O)N1CCc2ccccc2C1)S(C)(=O)=O. The first-order chi connectivity index (χ1) is 12.3. The van der Waals surface area contributed by atoms with Gasteiger partial charge in [0.05, 0.1) is 11.9 Å². The molecule has 0 aromatic heterocycles. The van der Waals surface area contributed by atoms with E-state index in [0.29, 0.717) is 18.8 Å². The molecule has 2 aromatic rings. The highest BCUT2D eigenvalue weighted by Gasteiger charge is 2.27. The molecule has 0 aliphatic carbocycles. The first kappa shape index (κ1) is 18.5. The first-order valence-electron chi connectivity index (χ1n) is 8.66. The smallest absolute Gasteiger partial charge is 0.243 e. The number of para-hydroxylation sites is 1. The fourth-order valence-corrected chi connectivity index (χ4v) is 4.46. The number of sulfonamides is 1. The normalized spacial score (nSPS) is 14.0. The fraction of sp³-hybridized carbons (Fsp3) is 0.350. The van der Waals surface area contributed by atoms with Gasteiger partial charge in [-0.25, -0.2) is 8.42 Å². The first-order valence-corrected chi connectivity index (χ1v) is 10.5. The summed E-state index contributed by atoms with van der Waals surface area (Å²) in [5.41, 5.74) is 4.66. The number of anilines is 1. The number of nitrogens with zero attached hydrogens (tertiary/aromatic N) is 2. The van der Waals surface area contributed by atoms with Crippen LogP contribution < -0.4 is 4.31 Å². The van der Waals surface area contributed by atoms with Gasteiger partial charge < -0.3 is 4.90 Å². The van der Waals surface area contributed by atoms with E-state index in [0.717, 1.165) is 29.4 Å². The molecule has 1 aliphatic rings. The number of hydrogen-bond acceptors (Lipinski definition) is 3. The molecule has 1 aliphatic heterocycles. The minimum absolute atomic E-state index is 0.174. The summed E-state index contributed by atoms with van der Waals surface area (Å²) in [7, 11) is -3.57. The van der Waals surface area contributed by atoms with E-state index in [1.165, 1.54) is 9.87 Å². The van der Waals surface area contributed by atoms with Crippen molar-refractivity contribution in [2.45, 2.75) is 26.8 Å². The van der Waals surface area contributed by atoms with Crippen molar-refractivity contribution >= 4 is 21.6 Å². The molecule has 0 fully saturated rings. The molecule has 5 nitrogen and oxygen atoms in total. The van der Waals surface area contributed by atoms with Gasteiger partial charge >= 0.3 is 0 Å². The van der Waals surface area contributed by atoms with Gasteiger partial charge in [-0.2, -0.15) is 0 Å². The molecule has 0 unspecified atom stereocenters. The van der Waals surface area contributed by atoms with Gasteiger partial charge in [-0.1, -0.05) is 42.5 Å². The van der Waals surface area contributed by atoms with E-state index in [9.17, 15) is 13.2 Å². The second-order valence-corrected chi connectivity index (χ2v) is 8.75. The topological polar surface area (TPSA) is 57.7 Å². The van der Waals surface area contributed by atoms with E-state index in [-0.39, 0.29) is 12.5 Å². The van der Waals surface area contributed by atoms with Crippen molar-refractivity contribution in [2.75, 3.05) is 23.7 Å². The average Bonchev–Trinajstić information content (AvgIpc) is 2.59. The van der Waals surface area contributed by atoms with Gasteiger partial charge in [0.25, 0.3) is 0 Å². The number of hydrogen-bond donors (Lipinski definition) is 0. The summed E-state index contributed by atoms with van der Waals surface area (Å²) in [6.45, 7) is 4.69. The summed E-state index contributed by atoms with van der Waals surface area (Å²) in [6, 6.07) is 13.7. The van der Waals surface area contributed by atoms with E-state index in [4.69, 9.17) is 0 Å². The van der Waals surface area contributed by atoms with E-state index >= 15 is 0 Å². The minimum atomic E-state index is -3.57. The Kier molecular flexibility index (Phi) is 5.05. The molecule has 0 atom stereocenters. The molecule has 1 amide bonds. The quantitative estimate of drug-likeness (QED) is 0.829. The van der Waals surface area contributed by atoms with Crippen LogP contribution in [0.2, 0.25) is 0 Å². The predicted molar refractivity (Wildman–Crippen MR) is 104 cm³/mol. The van der Waals surface area contributed by atoms with Crippen molar-refractivity contribution in [1.82, 2.24) is 4.90 Å². The Balaban J connectivity index is 1.86. The third kappa shape index (κ3) is 3.75. The van der Waals surface area contributed by atoms with Gasteiger partial charge in [0.1, 0.15) is 6.54 Å². The van der Waals surface area contributed by atoms with Crippen LogP contribution in [-0.2, 0) is 27.8 Å². The lowest BCUT2D eigenvalue weighted by Gasteiger charge is -2.32. The summed E-state index contributed by atoms with van der Waals surface area (Å²) in [4.78, 5) is 14.6. The van der Waals surface area contributed by atoms with Crippen LogP contribution in [0.4, 0.5) is 5.69 Å². The zero-order valence-electron chi connectivity index (χ0n) is 15.4. The van der Waals surface area contributed by atoms with E-state index < -0.39 is 10.0 Å². The molecule has 1 heterocycles. The highest BCUT2D eigenvalue weighted by atomic mass is 32.2.